The normalized spacial score (nSPS) is 13.4. The van der Waals surface area contributed by atoms with Crippen LogP contribution < -0.4 is 16.0 Å². The van der Waals surface area contributed by atoms with Gasteiger partial charge in [0, 0.05) is 29.2 Å². The summed E-state index contributed by atoms with van der Waals surface area (Å²) >= 11 is 1.69. The van der Waals surface area contributed by atoms with Gasteiger partial charge in [-0.05, 0) is 48.1 Å². The van der Waals surface area contributed by atoms with Crippen molar-refractivity contribution >= 4 is 34.9 Å². The maximum atomic E-state index is 13.0. The van der Waals surface area contributed by atoms with Crippen molar-refractivity contribution < 1.29 is 27.6 Å². The Hall–Kier alpha value is -3.08. The average molecular weight is 454 g/mol. The predicted octanol–water partition coefficient (Wildman–Crippen LogP) is 3.06. The molecule has 0 atom stereocenters. The molecule has 0 aliphatic carbocycles. The van der Waals surface area contributed by atoms with Crippen LogP contribution in [-0.4, -0.2) is 48.6 Å². The maximum Gasteiger partial charge on any atom is 0.405 e. The molecule has 0 unspecified atom stereocenters. The molecule has 1 aliphatic heterocycles. The average Bonchev–Trinajstić information content (AvgIpc) is 3.18. The SMILES string of the molecule is Cc1c(NCC(=O)NC(=O)NCC(F)(F)F)cccc1C(=O)N1CCc2sccc2C1. The number of anilines is 1. The van der Waals surface area contributed by atoms with Crippen LogP contribution in [0.1, 0.15) is 26.4 Å². The van der Waals surface area contributed by atoms with E-state index in [4.69, 9.17) is 0 Å². The van der Waals surface area contributed by atoms with E-state index in [1.165, 1.54) is 4.88 Å². The van der Waals surface area contributed by atoms with E-state index in [1.54, 1.807) is 46.7 Å². The lowest BCUT2D eigenvalue weighted by atomic mass is 10.0. The van der Waals surface area contributed by atoms with Crippen LogP contribution in [0.25, 0.3) is 0 Å². The molecule has 0 spiro atoms. The second-order valence-corrected chi connectivity index (χ2v) is 8.02. The summed E-state index contributed by atoms with van der Waals surface area (Å²) in [6.45, 7) is 1.03. The van der Waals surface area contributed by atoms with E-state index in [1.807, 2.05) is 16.8 Å². The third-order valence-electron chi connectivity index (χ3n) is 4.80. The molecule has 4 amide bonds. The van der Waals surface area contributed by atoms with Crippen LogP contribution in [0.2, 0.25) is 0 Å². The summed E-state index contributed by atoms with van der Waals surface area (Å²) < 4.78 is 36.3. The molecular weight excluding hydrogens is 433 g/mol. The highest BCUT2D eigenvalue weighted by Gasteiger charge is 2.28. The fourth-order valence-corrected chi connectivity index (χ4v) is 4.11. The van der Waals surface area contributed by atoms with Gasteiger partial charge in [0.05, 0.1) is 6.54 Å². The summed E-state index contributed by atoms with van der Waals surface area (Å²) in [5.41, 5.74) is 2.80. The minimum Gasteiger partial charge on any atom is -0.376 e. The summed E-state index contributed by atoms with van der Waals surface area (Å²) in [6.07, 6.45) is -3.76. The van der Waals surface area contributed by atoms with Crippen molar-refractivity contribution in [3.63, 3.8) is 0 Å². The summed E-state index contributed by atoms with van der Waals surface area (Å²) in [5, 5.41) is 8.20. The van der Waals surface area contributed by atoms with Crippen molar-refractivity contribution in [2.45, 2.75) is 26.1 Å². The van der Waals surface area contributed by atoms with Gasteiger partial charge in [0.1, 0.15) is 6.54 Å². The Morgan fingerprint density at radius 2 is 1.97 bits per heavy atom. The van der Waals surface area contributed by atoms with E-state index in [0.717, 1.165) is 12.0 Å². The minimum atomic E-state index is -4.57. The van der Waals surface area contributed by atoms with Crippen LogP contribution in [-0.2, 0) is 17.8 Å². The molecule has 2 aromatic rings. The molecule has 0 fully saturated rings. The van der Waals surface area contributed by atoms with Crippen LogP contribution in [0.3, 0.4) is 0 Å². The molecule has 0 saturated carbocycles. The molecule has 3 N–H and O–H groups in total. The summed E-state index contributed by atoms with van der Waals surface area (Å²) in [5.74, 6) is -0.925. The first-order valence-electron chi connectivity index (χ1n) is 9.46. The largest absolute Gasteiger partial charge is 0.405 e. The number of carbonyl (C=O) groups excluding carboxylic acids is 3. The fraction of sp³-hybridized carbons (Fsp3) is 0.350. The lowest BCUT2D eigenvalue weighted by molar-refractivity contribution is -0.124. The second kappa shape index (κ2) is 9.38. The number of rotatable bonds is 5. The molecule has 31 heavy (non-hydrogen) atoms. The van der Waals surface area contributed by atoms with Crippen molar-refractivity contribution in [1.29, 1.82) is 0 Å². The lowest BCUT2D eigenvalue weighted by Crippen LogP contribution is -2.45. The third kappa shape index (κ3) is 5.97. The Balaban J connectivity index is 1.57. The fourth-order valence-electron chi connectivity index (χ4n) is 3.22. The zero-order valence-corrected chi connectivity index (χ0v) is 17.5. The van der Waals surface area contributed by atoms with E-state index >= 15 is 0 Å². The summed E-state index contributed by atoms with van der Waals surface area (Å²) in [6, 6.07) is 5.85. The van der Waals surface area contributed by atoms with Gasteiger partial charge < -0.3 is 15.5 Å². The molecule has 0 radical (unpaired) electrons. The highest BCUT2D eigenvalue weighted by atomic mass is 32.1. The molecule has 7 nitrogen and oxygen atoms in total. The Kier molecular flexibility index (Phi) is 6.84. The number of halogens is 3. The van der Waals surface area contributed by atoms with E-state index in [2.05, 4.69) is 5.32 Å². The number of thiophene rings is 1. The van der Waals surface area contributed by atoms with Gasteiger partial charge >= 0.3 is 12.2 Å². The Bertz CT molecular complexity index is 990. The first-order valence-corrected chi connectivity index (χ1v) is 10.3. The van der Waals surface area contributed by atoms with Gasteiger partial charge in [-0.3, -0.25) is 14.9 Å². The highest BCUT2D eigenvalue weighted by molar-refractivity contribution is 7.10. The van der Waals surface area contributed by atoms with Crippen LogP contribution in [0.15, 0.2) is 29.6 Å². The first kappa shape index (κ1) is 22.6. The quantitative estimate of drug-likeness (QED) is 0.648. The standard InChI is InChI=1S/C20H21F3N4O3S/c1-12-14(18(29)27-7-5-16-13(10-27)6-8-31-16)3-2-4-15(12)24-9-17(28)26-19(30)25-11-20(21,22)23/h2-4,6,8,24H,5,7,9-11H2,1H3,(H2,25,26,28,30). The second-order valence-electron chi connectivity index (χ2n) is 7.02. The Morgan fingerprint density at radius 1 is 1.19 bits per heavy atom. The molecule has 1 aromatic carbocycles. The molecule has 3 rings (SSSR count). The number of fused-ring (bicyclic) bond motifs is 1. The number of alkyl halides is 3. The van der Waals surface area contributed by atoms with Gasteiger partial charge in [0.15, 0.2) is 0 Å². The van der Waals surface area contributed by atoms with Crippen LogP contribution >= 0.6 is 11.3 Å². The highest BCUT2D eigenvalue weighted by Crippen LogP contribution is 2.27. The van der Waals surface area contributed by atoms with E-state index in [-0.39, 0.29) is 12.5 Å². The lowest BCUT2D eigenvalue weighted by Gasteiger charge is -2.28. The van der Waals surface area contributed by atoms with Gasteiger partial charge in [-0.1, -0.05) is 6.07 Å². The van der Waals surface area contributed by atoms with Crippen molar-refractivity contribution in [2.24, 2.45) is 0 Å². The Morgan fingerprint density at radius 3 is 2.71 bits per heavy atom. The van der Waals surface area contributed by atoms with E-state index in [0.29, 0.717) is 29.9 Å². The molecule has 166 valence electrons. The smallest absolute Gasteiger partial charge is 0.376 e. The number of nitrogens with one attached hydrogen (secondary N) is 3. The molecule has 1 aliphatic rings. The molecule has 1 aromatic heterocycles. The first-order chi connectivity index (χ1) is 14.6. The number of benzene rings is 1. The monoisotopic (exact) mass is 454 g/mol. The maximum absolute atomic E-state index is 13.0. The van der Waals surface area contributed by atoms with E-state index in [9.17, 15) is 27.6 Å². The predicted molar refractivity (Wildman–Crippen MR) is 110 cm³/mol. The molecule has 11 heteroatoms. The number of amides is 4. The summed E-state index contributed by atoms with van der Waals surface area (Å²) in [7, 11) is 0. The van der Waals surface area contributed by atoms with Crippen molar-refractivity contribution in [2.75, 3.05) is 25.0 Å². The van der Waals surface area contributed by atoms with Crippen LogP contribution in [0, 0.1) is 6.92 Å². The van der Waals surface area contributed by atoms with Crippen molar-refractivity contribution in [3.8, 4) is 0 Å². The van der Waals surface area contributed by atoms with Crippen molar-refractivity contribution in [1.82, 2.24) is 15.5 Å². The zero-order chi connectivity index (χ0) is 22.6. The number of hydrogen-bond acceptors (Lipinski definition) is 5. The molecule has 2 heterocycles. The van der Waals surface area contributed by atoms with E-state index < -0.39 is 24.7 Å². The minimum absolute atomic E-state index is 0.117. The zero-order valence-electron chi connectivity index (χ0n) is 16.6. The van der Waals surface area contributed by atoms with Gasteiger partial charge in [-0.2, -0.15) is 13.2 Å². The third-order valence-corrected chi connectivity index (χ3v) is 5.82. The van der Waals surface area contributed by atoms with Crippen LogP contribution in [0.5, 0.6) is 0 Å². The molecular formula is C20H21F3N4O3S. The molecule has 0 saturated heterocycles. The van der Waals surface area contributed by atoms with Gasteiger partial charge in [-0.15, -0.1) is 11.3 Å². The van der Waals surface area contributed by atoms with Gasteiger partial charge in [0.25, 0.3) is 5.91 Å². The summed E-state index contributed by atoms with van der Waals surface area (Å²) in [4.78, 5) is 39.3. The number of hydrogen-bond donors (Lipinski definition) is 3. The number of urea groups is 1. The molecule has 0 bridgehead atoms. The number of imide groups is 1. The number of carbonyl (C=O) groups is 3. The van der Waals surface area contributed by atoms with Gasteiger partial charge in [0.2, 0.25) is 5.91 Å². The topological polar surface area (TPSA) is 90.5 Å². The van der Waals surface area contributed by atoms with Crippen LogP contribution in [0.4, 0.5) is 23.7 Å². The Labute approximate surface area is 180 Å². The number of nitrogens with zero attached hydrogens (tertiary/aromatic N) is 1. The van der Waals surface area contributed by atoms with Crippen molar-refractivity contribution in [3.05, 3.63) is 51.2 Å². The van der Waals surface area contributed by atoms with Gasteiger partial charge in [-0.25, -0.2) is 4.79 Å².